The Bertz CT molecular complexity index is 512. The molecule has 5 nitrogen and oxygen atoms in total. The second-order valence-electron chi connectivity index (χ2n) is 3.70. The summed E-state index contributed by atoms with van der Waals surface area (Å²) in [6.07, 6.45) is 0.549. The zero-order valence-corrected chi connectivity index (χ0v) is 10.4. The van der Waals surface area contributed by atoms with E-state index in [9.17, 15) is 9.90 Å². The van der Waals surface area contributed by atoms with Crippen LogP contribution in [0.15, 0.2) is 4.79 Å². The highest BCUT2D eigenvalue weighted by molar-refractivity contribution is 5.46. The molecule has 0 aliphatic heterocycles. The van der Waals surface area contributed by atoms with Gasteiger partial charge >= 0.3 is 0 Å². The average molecular weight is 235 g/mol. The van der Waals surface area contributed by atoms with E-state index in [1.807, 2.05) is 13.0 Å². The lowest BCUT2D eigenvalue weighted by Gasteiger charge is -2.15. The number of nitrogens with zero attached hydrogens (tertiary/aromatic N) is 2. The summed E-state index contributed by atoms with van der Waals surface area (Å²) in [6, 6.07) is 1.94. The molecule has 0 saturated carbocycles. The molecule has 0 amide bonds. The van der Waals surface area contributed by atoms with Gasteiger partial charge in [0.1, 0.15) is 11.6 Å². The average Bonchev–Trinajstić information content (AvgIpc) is 2.33. The maximum absolute atomic E-state index is 11.9. The molecule has 0 atom stereocenters. The van der Waals surface area contributed by atoms with E-state index in [1.54, 1.807) is 14.0 Å². The zero-order chi connectivity index (χ0) is 13.0. The number of aromatic hydroxyl groups is 1. The van der Waals surface area contributed by atoms with E-state index in [0.29, 0.717) is 30.6 Å². The Balaban J connectivity index is 3.70. The Morgan fingerprint density at radius 1 is 1.41 bits per heavy atom. The third-order valence-electron chi connectivity index (χ3n) is 2.79. The molecule has 0 radical (unpaired) electrons. The van der Waals surface area contributed by atoms with Crippen molar-refractivity contribution in [3.05, 3.63) is 27.0 Å². The van der Waals surface area contributed by atoms with Gasteiger partial charge in [0.15, 0.2) is 5.88 Å². The lowest BCUT2D eigenvalue weighted by Crippen LogP contribution is -2.26. The van der Waals surface area contributed by atoms with Gasteiger partial charge in [0.05, 0.1) is 0 Å². The van der Waals surface area contributed by atoms with Crippen LogP contribution in [0.1, 0.15) is 30.5 Å². The third-order valence-corrected chi connectivity index (χ3v) is 2.79. The van der Waals surface area contributed by atoms with Crippen molar-refractivity contribution in [3.63, 3.8) is 0 Å². The number of nitriles is 1. The van der Waals surface area contributed by atoms with Crippen LogP contribution in [0.25, 0.3) is 0 Å². The number of nitrogens with one attached hydrogen (secondary N) is 1. The smallest absolute Gasteiger partial charge is 0.271 e. The van der Waals surface area contributed by atoms with Crippen molar-refractivity contribution in [3.8, 4) is 11.9 Å². The molecule has 0 saturated heterocycles. The van der Waals surface area contributed by atoms with Crippen molar-refractivity contribution < 1.29 is 5.11 Å². The van der Waals surface area contributed by atoms with Crippen LogP contribution >= 0.6 is 0 Å². The molecule has 92 valence electrons. The van der Waals surface area contributed by atoms with Crippen molar-refractivity contribution in [1.29, 1.82) is 5.26 Å². The summed E-state index contributed by atoms with van der Waals surface area (Å²) in [5, 5.41) is 22.1. The maximum atomic E-state index is 11.9. The number of rotatable bonds is 4. The van der Waals surface area contributed by atoms with E-state index in [-0.39, 0.29) is 11.4 Å². The highest BCUT2D eigenvalue weighted by atomic mass is 16.3. The van der Waals surface area contributed by atoms with Gasteiger partial charge in [-0.3, -0.25) is 9.36 Å². The second kappa shape index (κ2) is 5.51. The third kappa shape index (κ3) is 2.17. The molecule has 0 fully saturated rings. The van der Waals surface area contributed by atoms with Gasteiger partial charge in [0.2, 0.25) is 0 Å². The molecular formula is C12H17N3O2. The number of aromatic nitrogens is 1. The first-order valence-corrected chi connectivity index (χ1v) is 5.64. The van der Waals surface area contributed by atoms with E-state index in [2.05, 4.69) is 5.32 Å². The lowest BCUT2D eigenvalue weighted by atomic mass is 10.0. The molecule has 2 N–H and O–H groups in total. The van der Waals surface area contributed by atoms with Crippen molar-refractivity contribution in [1.82, 2.24) is 9.88 Å². The molecule has 0 unspecified atom stereocenters. The van der Waals surface area contributed by atoms with Crippen LogP contribution in [0.3, 0.4) is 0 Å². The van der Waals surface area contributed by atoms with E-state index in [4.69, 9.17) is 5.26 Å². The minimum Gasteiger partial charge on any atom is -0.494 e. The van der Waals surface area contributed by atoms with Crippen LogP contribution in [-0.2, 0) is 19.5 Å². The molecule has 5 heteroatoms. The number of pyridine rings is 1. The van der Waals surface area contributed by atoms with Gasteiger partial charge in [-0.05, 0) is 26.0 Å². The van der Waals surface area contributed by atoms with Gasteiger partial charge in [-0.1, -0.05) is 6.92 Å². The predicted molar refractivity (Wildman–Crippen MR) is 64.9 cm³/mol. The molecule has 0 spiro atoms. The van der Waals surface area contributed by atoms with Crippen molar-refractivity contribution in [2.45, 2.75) is 33.4 Å². The Morgan fingerprint density at radius 2 is 2.06 bits per heavy atom. The van der Waals surface area contributed by atoms with E-state index in [1.165, 1.54) is 4.57 Å². The standard InChI is InChI=1S/C12H17N3O2/c1-4-8-9(6-13)11(16)15(5-2)12(17)10(8)7-14-3/h14,17H,4-5,7H2,1-3H3. The first-order chi connectivity index (χ1) is 8.12. The summed E-state index contributed by atoms with van der Waals surface area (Å²) in [4.78, 5) is 11.9. The normalized spacial score (nSPS) is 10.2. The fourth-order valence-corrected chi connectivity index (χ4v) is 1.97. The topological polar surface area (TPSA) is 78.0 Å². The Morgan fingerprint density at radius 3 is 2.47 bits per heavy atom. The molecule has 1 rings (SSSR count). The Labute approximate surface area is 100 Å². The SMILES string of the molecule is CCc1c(CNC)c(O)n(CC)c(=O)c1C#N. The summed E-state index contributed by atoms with van der Waals surface area (Å²) in [5.74, 6) is -0.0392. The maximum Gasteiger partial charge on any atom is 0.271 e. The molecule has 0 aromatic carbocycles. The molecule has 1 aromatic heterocycles. The molecule has 1 aromatic rings. The van der Waals surface area contributed by atoms with Gasteiger partial charge in [0, 0.05) is 18.7 Å². The Hall–Kier alpha value is -1.80. The predicted octanol–water partition coefficient (Wildman–Crippen LogP) is 0.727. The van der Waals surface area contributed by atoms with Gasteiger partial charge in [-0.15, -0.1) is 0 Å². The lowest BCUT2D eigenvalue weighted by molar-refractivity contribution is 0.401. The van der Waals surface area contributed by atoms with E-state index in [0.717, 1.165) is 0 Å². The van der Waals surface area contributed by atoms with Crippen molar-refractivity contribution in [2.24, 2.45) is 0 Å². The fourth-order valence-electron chi connectivity index (χ4n) is 1.97. The zero-order valence-electron chi connectivity index (χ0n) is 10.4. The summed E-state index contributed by atoms with van der Waals surface area (Å²) >= 11 is 0. The molecule has 0 aliphatic carbocycles. The fraction of sp³-hybridized carbons (Fsp3) is 0.500. The quantitative estimate of drug-likeness (QED) is 0.806. The summed E-state index contributed by atoms with van der Waals surface area (Å²) in [6.45, 7) is 4.41. The number of hydrogen-bond acceptors (Lipinski definition) is 4. The van der Waals surface area contributed by atoms with Crippen LogP contribution in [0, 0.1) is 11.3 Å². The van der Waals surface area contributed by atoms with E-state index < -0.39 is 5.56 Å². The molecule has 17 heavy (non-hydrogen) atoms. The highest BCUT2D eigenvalue weighted by Gasteiger charge is 2.18. The largest absolute Gasteiger partial charge is 0.494 e. The van der Waals surface area contributed by atoms with Crippen LogP contribution in [0.2, 0.25) is 0 Å². The highest BCUT2D eigenvalue weighted by Crippen LogP contribution is 2.22. The van der Waals surface area contributed by atoms with Crippen molar-refractivity contribution in [2.75, 3.05) is 7.05 Å². The van der Waals surface area contributed by atoms with Gasteiger partial charge in [-0.25, -0.2) is 0 Å². The van der Waals surface area contributed by atoms with Gasteiger partial charge in [0.25, 0.3) is 5.56 Å². The first kappa shape index (κ1) is 13.3. The van der Waals surface area contributed by atoms with Crippen LogP contribution < -0.4 is 10.9 Å². The molecule has 0 bridgehead atoms. The van der Waals surface area contributed by atoms with Crippen LogP contribution in [-0.4, -0.2) is 16.7 Å². The number of hydrogen-bond donors (Lipinski definition) is 2. The molecule has 0 aliphatic rings. The van der Waals surface area contributed by atoms with Crippen LogP contribution in [0.4, 0.5) is 0 Å². The van der Waals surface area contributed by atoms with Crippen molar-refractivity contribution >= 4 is 0 Å². The van der Waals surface area contributed by atoms with E-state index >= 15 is 0 Å². The minimum absolute atomic E-state index is 0.0392. The summed E-state index contributed by atoms with van der Waals surface area (Å²) in [5.41, 5.74) is 0.989. The Kier molecular flexibility index (Phi) is 4.30. The molecular weight excluding hydrogens is 218 g/mol. The van der Waals surface area contributed by atoms with Crippen LogP contribution in [0.5, 0.6) is 5.88 Å². The molecule has 1 heterocycles. The monoisotopic (exact) mass is 235 g/mol. The van der Waals surface area contributed by atoms with Gasteiger partial charge < -0.3 is 10.4 Å². The minimum atomic E-state index is -0.413. The summed E-state index contributed by atoms with van der Waals surface area (Å²) in [7, 11) is 1.76. The second-order valence-corrected chi connectivity index (χ2v) is 3.70. The van der Waals surface area contributed by atoms with Gasteiger partial charge in [-0.2, -0.15) is 5.26 Å². The first-order valence-electron chi connectivity index (χ1n) is 5.64. The summed E-state index contributed by atoms with van der Waals surface area (Å²) < 4.78 is 1.23.